The summed E-state index contributed by atoms with van der Waals surface area (Å²) >= 11 is 0. The first-order valence-corrected chi connectivity index (χ1v) is 8.18. The van der Waals surface area contributed by atoms with Crippen LogP contribution in [0.3, 0.4) is 0 Å². The van der Waals surface area contributed by atoms with Crippen molar-refractivity contribution in [1.82, 2.24) is 10.5 Å². The lowest BCUT2D eigenvalue weighted by Crippen LogP contribution is -2.13. The minimum absolute atomic E-state index is 0. The zero-order chi connectivity index (χ0) is 14.8. The number of aromatic nitrogens is 1. The van der Waals surface area contributed by atoms with Gasteiger partial charge in [0.15, 0.2) is 9.84 Å². The van der Waals surface area contributed by atoms with Crippen molar-refractivity contribution >= 4 is 22.2 Å². The first kappa shape index (κ1) is 17.7. The van der Waals surface area contributed by atoms with Gasteiger partial charge in [0.1, 0.15) is 5.76 Å². The number of hydrogen-bond acceptors (Lipinski definition) is 5. The molecule has 0 saturated carbocycles. The van der Waals surface area contributed by atoms with Crippen molar-refractivity contribution in [2.45, 2.75) is 31.8 Å². The molecule has 2 aromatic rings. The van der Waals surface area contributed by atoms with Crippen molar-refractivity contribution < 1.29 is 12.9 Å². The molecule has 0 aliphatic rings. The van der Waals surface area contributed by atoms with Gasteiger partial charge in [-0.25, -0.2) is 8.42 Å². The molecule has 5 nitrogen and oxygen atoms in total. The van der Waals surface area contributed by atoms with Gasteiger partial charge in [-0.2, -0.15) is 0 Å². The van der Waals surface area contributed by atoms with E-state index in [1.165, 1.54) is 6.26 Å². The number of nitrogens with zero attached hydrogens (tertiary/aromatic N) is 1. The van der Waals surface area contributed by atoms with Gasteiger partial charge in [-0.05, 0) is 31.5 Å². The van der Waals surface area contributed by atoms with E-state index in [1.807, 2.05) is 26.0 Å². The normalized spacial score (nSPS) is 11.2. The van der Waals surface area contributed by atoms with E-state index in [0.717, 1.165) is 22.6 Å². The highest BCUT2D eigenvalue weighted by molar-refractivity contribution is 7.90. The molecule has 0 radical (unpaired) electrons. The van der Waals surface area contributed by atoms with Crippen molar-refractivity contribution in [2.24, 2.45) is 0 Å². The van der Waals surface area contributed by atoms with Gasteiger partial charge >= 0.3 is 0 Å². The Balaban J connectivity index is 0.00000220. The molecule has 0 fully saturated rings. The predicted octanol–water partition coefficient (Wildman–Crippen LogP) is 2.41. The van der Waals surface area contributed by atoms with Crippen LogP contribution >= 0.6 is 12.4 Å². The van der Waals surface area contributed by atoms with Crippen LogP contribution in [0.2, 0.25) is 0 Å². The van der Waals surface area contributed by atoms with Crippen molar-refractivity contribution in [3.8, 4) is 0 Å². The standard InChI is InChI=1S/C14H18N2O3S.ClH/c1-10-14(11(2)19-16-10)9-15-8-12-4-6-13(7-5-12)20(3,17)18;/h4-7,15H,8-9H2,1-3H3;1H. The van der Waals surface area contributed by atoms with E-state index < -0.39 is 9.84 Å². The molecule has 116 valence electrons. The van der Waals surface area contributed by atoms with E-state index in [0.29, 0.717) is 18.0 Å². The smallest absolute Gasteiger partial charge is 0.175 e. The summed E-state index contributed by atoms with van der Waals surface area (Å²) in [4.78, 5) is 0.340. The summed E-state index contributed by atoms with van der Waals surface area (Å²) in [6.45, 7) is 5.13. The van der Waals surface area contributed by atoms with Gasteiger partial charge < -0.3 is 9.84 Å². The number of nitrogens with one attached hydrogen (secondary N) is 1. The van der Waals surface area contributed by atoms with E-state index in [-0.39, 0.29) is 12.4 Å². The molecule has 21 heavy (non-hydrogen) atoms. The Labute approximate surface area is 131 Å². The first-order chi connectivity index (χ1) is 9.38. The van der Waals surface area contributed by atoms with Gasteiger partial charge in [0.25, 0.3) is 0 Å². The zero-order valence-corrected chi connectivity index (χ0v) is 13.8. The number of rotatable bonds is 5. The Kier molecular flexibility index (Phi) is 5.95. The van der Waals surface area contributed by atoms with Crippen LogP contribution in [-0.4, -0.2) is 19.8 Å². The highest BCUT2D eigenvalue weighted by Gasteiger charge is 2.08. The lowest BCUT2D eigenvalue weighted by molar-refractivity contribution is 0.392. The van der Waals surface area contributed by atoms with Crippen molar-refractivity contribution in [1.29, 1.82) is 0 Å². The maximum Gasteiger partial charge on any atom is 0.175 e. The van der Waals surface area contributed by atoms with Gasteiger partial charge in [-0.1, -0.05) is 17.3 Å². The third-order valence-electron chi connectivity index (χ3n) is 3.16. The molecular weight excluding hydrogens is 312 g/mol. The van der Waals surface area contributed by atoms with Gasteiger partial charge in [-0.15, -0.1) is 12.4 Å². The monoisotopic (exact) mass is 330 g/mol. The summed E-state index contributed by atoms with van der Waals surface area (Å²) < 4.78 is 27.8. The molecule has 0 atom stereocenters. The van der Waals surface area contributed by atoms with Crippen LogP contribution in [0.25, 0.3) is 0 Å². The summed E-state index contributed by atoms with van der Waals surface area (Å²) in [6, 6.07) is 6.89. The fourth-order valence-electron chi connectivity index (χ4n) is 1.94. The molecular formula is C14H19ClN2O3S. The molecule has 2 rings (SSSR count). The van der Waals surface area contributed by atoms with Crippen LogP contribution in [0.4, 0.5) is 0 Å². The molecule has 1 heterocycles. The predicted molar refractivity (Wildman–Crippen MR) is 83.3 cm³/mol. The van der Waals surface area contributed by atoms with Gasteiger partial charge in [0.05, 0.1) is 10.6 Å². The van der Waals surface area contributed by atoms with Crippen LogP contribution < -0.4 is 5.32 Å². The van der Waals surface area contributed by atoms with E-state index in [2.05, 4.69) is 10.5 Å². The van der Waals surface area contributed by atoms with E-state index in [4.69, 9.17) is 4.52 Å². The third-order valence-corrected chi connectivity index (χ3v) is 4.29. The Morgan fingerprint density at radius 1 is 1.14 bits per heavy atom. The van der Waals surface area contributed by atoms with Gasteiger partial charge in [-0.3, -0.25) is 0 Å². The largest absolute Gasteiger partial charge is 0.361 e. The molecule has 0 amide bonds. The maximum absolute atomic E-state index is 11.4. The topological polar surface area (TPSA) is 72.2 Å². The number of halogens is 1. The molecule has 0 aliphatic carbocycles. The molecule has 1 aromatic carbocycles. The number of aryl methyl sites for hydroxylation is 2. The van der Waals surface area contributed by atoms with Gasteiger partial charge in [0.2, 0.25) is 0 Å². The summed E-state index contributed by atoms with van der Waals surface area (Å²) in [5.74, 6) is 0.822. The summed E-state index contributed by atoms with van der Waals surface area (Å²) in [5.41, 5.74) is 2.99. The number of sulfone groups is 1. The fourth-order valence-corrected chi connectivity index (χ4v) is 2.57. The highest BCUT2D eigenvalue weighted by Crippen LogP contribution is 2.13. The van der Waals surface area contributed by atoms with Crippen LogP contribution in [0, 0.1) is 13.8 Å². The Morgan fingerprint density at radius 2 is 1.76 bits per heavy atom. The molecule has 7 heteroatoms. The highest BCUT2D eigenvalue weighted by atomic mass is 35.5. The maximum atomic E-state index is 11.4. The van der Waals surface area contributed by atoms with E-state index in [1.54, 1.807) is 12.1 Å². The lowest BCUT2D eigenvalue weighted by Gasteiger charge is -2.05. The fraction of sp³-hybridized carbons (Fsp3) is 0.357. The lowest BCUT2D eigenvalue weighted by atomic mass is 10.2. The van der Waals surface area contributed by atoms with Crippen molar-refractivity contribution in [3.63, 3.8) is 0 Å². The Morgan fingerprint density at radius 3 is 2.24 bits per heavy atom. The molecule has 1 aromatic heterocycles. The molecule has 0 aliphatic heterocycles. The SMILES string of the molecule is Cc1noc(C)c1CNCc1ccc(S(C)(=O)=O)cc1.Cl. The van der Waals surface area contributed by atoms with Crippen LogP contribution in [-0.2, 0) is 22.9 Å². The summed E-state index contributed by atoms with van der Waals surface area (Å²) in [6.07, 6.45) is 1.21. The summed E-state index contributed by atoms with van der Waals surface area (Å²) in [5, 5.41) is 7.19. The van der Waals surface area contributed by atoms with Crippen LogP contribution in [0.15, 0.2) is 33.7 Å². The second-order valence-electron chi connectivity index (χ2n) is 4.82. The minimum atomic E-state index is -3.13. The van der Waals surface area contributed by atoms with Crippen LogP contribution in [0.1, 0.15) is 22.6 Å². The molecule has 1 N–H and O–H groups in total. The molecule has 0 unspecified atom stereocenters. The molecule has 0 spiro atoms. The third kappa shape index (κ3) is 4.56. The number of hydrogen-bond donors (Lipinski definition) is 1. The van der Waals surface area contributed by atoms with Crippen molar-refractivity contribution in [3.05, 3.63) is 46.8 Å². The molecule has 0 saturated heterocycles. The second-order valence-corrected chi connectivity index (χ2v) is 6.84. The molecule has 0 bridgehead atoms. The first-order valence-electron chi connectivity index (χ1n) is 6.29. The van der Waals surface area contributed by atoms with Crippen LogP contribution in [0.5, 0.6) is 0 Å². The second kappa shape index (κ2) is 7.06. The van der Waals surface area contributed by atoms with Gasteiger partial charge in [0, 0.05) is 24.9 Å². The van der Waals surface area contributed by atoms with E-state index >= 15 is 0 Å². The van der Waals surface area contributed by atoms with E-state index in [9.17, 15) is 8.42 Å². The Hall–Kier alpha value is -1.37. The summed E-state index contributed by atoms with van der Waals surface area (Å²) in [7, 11) is -3.13. The Bertz CT molecular complexity index is 674. The zero-order valence-electron chi connectivity index (χ0n) is 12.2. The average Bonchev–Trinajstić information content (AvgIpc) is 2.70. The minimum Gasteiger partial charge on any atom is -0.361 e. The number of benzene rings is 1. The van der Waals surface area contributed by atoms with Crippen molar-refractivity contribution in [2.75, 3.05) is 6.26 Å². The quantitative estimate of drug-likeness (QED) is 0.911. The average molecular weight is 331 g/mol.